The maximum absolute atomic E-state index is 9.18. The van der Waals surface area contributed by atoms with Gasteiger partial charge < -0.3 is 0 Å². The third kappa shape index (κ3) is 2.91. The Hall–Kier alpha value is -3.36. The predicted octanol–water partition coefficient (Wildman–Crippen LogP) is 5.38. The first kappa shape index (κ1) is 15.5. The molecule has 0 spiro atoms. The van der Waals surface area contributed by atoms with Crippen molar-refractivity contribution in [3.05, 3.63) is 82.9 Å². The lowest BCUT2D eigenvalue weighted by Crippen LogP contribution is -1.90. The molecule has 0 saturated carbocycles. The van der Waals surface area contributed by atoms with Crippen LogP contribution in [-0.4, -0.2) is 0 Å². The maximum Gasteiger partial charge on any atom is 0.0992 e. The van der Waals surface area contributed by atoms with Crippen LogP contribution < -0.4 is 0 Å². The maximum atomic E-state index is 9.18. The first-order valence-corrected chi connectivity index (χ1v) is 7.74. The predicted molar refractivity (Wildman–Crippen MR) is 96.2 cm³/mol. The van der Waals surface area contributed by atoms with Crippen molar-refractivity contribution in [2.75, 3.05) is 0 Å². The fourth-order valence-corrected chi connectivity index (χ4v) is 2.89. The molecule has 0 amide bonds. The zero-order valence-corrected chi connectivity index (χ0v) is 13.7. The Kier molecular flexibility index (Phi) is 4.15. The molecule has 2 nitrogen and oxygen atoms in total. The number of nitriles is 2. The summed E-state index contributed by atoms with van der Waals surface area (Å²) in [6.07, 6.45) is 0. The van der Waals surface area contributed by atoms with Crippen LogP contribution in [0.25, 0.3) is 22.3 Å². The van der Waals surface area contributed by atoms with Crippen LogP contribution in [-0.2, 0) is 0 Å². The van der Waals surface area contributed by atoms with Gasteiger partial charge in [0, 0.05) is 0 Å². The molecule has 0 aliphatic carbocycles. The third-order valence-corrected chi connectivity index (χ3v) is 4.20. The minimum atomic E-state index is 0.502. The van der Waals surface area contributed by atoms with Crippen LogP contribution in [0.15, 0.2) is 60.7 Å². The lowest BCUT2D eigenvalue weighted by molar-refractivity contribution is 1.40. The van der Waals surface area contributed by atoms with Crippen molar-refractivity contribution in [2.24, 2.45) is 0 Å². The second kappa shape index (κ2) is 6.41. The van der Waals surface area contributed by atoms with E-state index in [1.165, 1.54) is 22.3 Å². The Labute approximate surface area is 142 Å². The Balaban J connectivity index is 2.19. The highest BCUT2D eigenvalue weighted by Gasteiger charge is 2.09. The highest BCUT2D eigenvalue weighted by Crippen LogP contribution is 2.31. The molecule has 0 aliphatic rings. The zero-order valence-electron chi connectivity index (χ0n) is 13.7. The van der Waals surface area contributed by atoms with Crippen molar-refractivity contribution in [2.45, 2.75) is 13.8 Å². The zero-order chi connectivity index (χ0) is 17.1. The highest BCUT2D eigenvalue weighted by molar-refractivity contribution is 5.78. The van der Waals surface area contributed by atoms with Crippen molar-refractivity contribution in [3.63, 3.8) is 0 Å². The minimum absolute atomic E-state index is 0.502. The van der Waals surface area contributed by atoms with Gasteiger partial charge in [-0.3, -0.25) is 0 Å². The molecule has 0 radical (unpaired) electrons. The SMILES string of the molecule is Cc1ccccc1-c1cc(-c2cc(C#N)cc(C#N)c2)ccc1C. The molecule has 0 aromatic heterocycles. The normalized spacial score (nSPS) is 10.0. The first-order chi connectivity index (χ1) is 11.6. The van der Waals surface area contributed by atoms with Gasteiger partial charge in [-0.05, 0) is 71.5 Å². The number of hydrogen-bond donors (Lipinski definition) is 0. The van der Waals surface area contributed by atoms with E-state index in [1.54, 1.807) is 6.07 Å². The molecule has 0 saturated heterocycles. The summed E-state index contributed by atoms with van der Waals surface area (Å²) in [5.74, 6) is 0. The first-order valence-electron chi connectivity index (χ1n) is 7.74. The van der Waals surface area contributed by atoms with Crippen molar-refractivity contribution in [3.8, 4) is 34.4 Å². The number of aryl methyl sites for hydroxylation is 2. The molecule has 0 fully saturated rings. The molecule has 24 heavy (non-hydrogen) atoms. The molecule has 0 N–H and O–H groups in total. The van der Waals surface area contributed by atoms with Gasteiger partial charge in [-0.25, -0.2) is 0 Å². The molecule has 3 rings (SSSR count). The van der Waals surface area contributed by atoms with Crippen LogP contribution in [0.4, 0.5) is 0 Å². The Morgan fingerprint density at radius 3 is 1.88 bits per heavy atom. The monoisotopic (exact) mass is 308 g/mol. The summed E-state index contributed by atoms with van der Waals surface area (Å²) in [4.78, 5) is 0. The van der Waals surface area contributed by atoms with E-state index in [4.69, 9.17) is 0 Å². The van der Waals surface area contributed by atoms with Gasteiger partial charge in [0.15, 0.2) is 0 Å². The van der Waals surface area contributed by atoms with Crippen molar-refractivity contribution >= 4 is 0 Å². The lowest BCUT2D eigenvalue weighted by atomic mass is 9.92. The van der Waals surface area contributed by atoms with E-state index < -0.39 is 0 Å². The Morgan fingerprint density at radius 1 is 0.625 bits per heavy atom. The Morgan fingerprint density at radius 2 is 1.25 bits per heavy atom. The molecule has 2 heteroatoms. The third-order valence-electron chi connectivity index (χ3n) is 4.20. The summed E-state index contributed by atoms with van der Waals surface area (Å²) in [5.41, 5.74) is 7.70. The molecule has 114 valence electrons. The van der Waals surface area contributed by atoms with E-state index in [0.29, 0.717) is 11.1 Å². The number of hydrogen-bond acceptors (Lipinski definition) is 2. The standard InChI is InChI=1S/C22H16N2/c1-15-5-3-4-6-21(15)22-12-19(8-7-16(22)2)20-10-17(13-23)9-18(11-20)14-24/h3-12H,1-2H3. The number of rotatable bonds is 2. The number of nitrogens with zero attached hydrogens (tertiary/aromatic N) is 2. The molecule has 0 bridgehead atoms. The molecule has 0 aliphatic heterocycles. The largest absolute Gasteiger partial charge is 0.192 e. The van der Waals surface area contributed by atoms with E-state index in [0.717, 1.165) is 11.1 Å². The van der Waals surface area contributed by atoms with E-state index in [2.05, 4.69) is 50.3 Å². The van der Waals surface area contributed by atoms with Gasteiger partial charge in [0.25, 0.3) is 0 Å². The van der Waals surface area contributed by atoms with Crippen molar-refractivity contribution < 1.29 is 0 Å². The van der Waals surface area contributed by atoms with Gasteiger partial charge >= 0.3 is 0 Å². The van der Waals surface area contributed by atoms with E-state index in [1.807, 2.05) is 30.3 Å². The smallest absolute Gasteiger partial charge is 0.0992 e. The average Bonchev–Trinajstić information content (AvgIpc) is 2.62. The fourth-order valence-electron chi connectivity index (χ4n) is 2.89. The molecule has 3 aromatic carbocycles. The van der Waals surface area contributed by atoms with Gasteiger partial charge in [0.2, 0.25) is 0 Å². The highest BCUT2D eigenvalue weighted by atomic mass is 14.3. The van der Waals surface area contributed by atoms with E-state index in [-0.39, 0.29) is 0 Å². The molecule has 0 heterocycles. The summed E-state index contributed by atoms with van der Waals surface area (Å²) in [6, 6.07) is 24.1. The van der Waals surface area contributed by atoms with Gasteiger partial charge in [-0.15, -0.1) is 0 Å². The average molecular weight is 308 g/mol. The summed E-state index contributed by atoms with van der Waals surface area (Å²) in [5, 5.41) is 18.4. The number of benzene rings is 3. The van der Waals surface area contributed by atoms with E-state index in [9.17, 15) is 10.5 Å². The molecule has 0 unspecified atom stereocenters. The van der Waals surface area contributed by atoms with Gasteiger partial charge in [0.1, 0.15) is 0 Å². The Bertz CT molecular complexity index is 969. The molecule has 0 atom stereocenters. The molecular weight excluding hydrogens is 292 g/mol. The second-order valence-electron chi connectivity index (χ2n) is 5.87. The van der Waals surface area contributed by atoms with Crippen LogP contribution in [0.1, 0.15) is 22.3 Å². The summed E-state index contributed by atoms with van der Waals surface area (Å²) in [7, 11) is 0. The quantitative estimate of drug-likeness (QED) is 0.638. The second-order valence-corrected chi connectivity index (χ2v) is 5.87. The van der Waals surface area contributed by atoms with Crippen molar-refractivity contribution in [1.82, 2.24) is 0 Å². The van der Waals surface area contributed by atoms with Gasteiger partial charge in [0.05, 0.1) is 23.3 Å². The van der Waals surface area contributed by atoms with Crippen LogP contribution in [0.2, 0.25) is 0 Å². The van der Waals surface area contributed by atoms with Gasteiger partial charge in [-0.2, -0.15) is 10.5 Å². The van der Waals surface area contributed by atoms with Gasteiger partial charge in [-0.1, -0.05) is 36.4 Å². The summed E-state index contributed by atoms with van der Waals surface area (Å²) >= 11 is 0. The summed E-state index contributed by atoms with van der Waals surface area (Å²) in [6.45, 7) is 4.20. The summed E-state index contributed by atoms with van der Waals surface area (Å²) < 4.78 is 0. The van der Waals surface area contributed by atoms with E-state index >= 15 is 0 Å². The van der Waals surface area contributed by atoms with Crippen LogP contribution in [0, 0.1) is 36.5 Å². The lowest BCUT2D eigenvalue weighted by Gasteiger charge is -2.12. The van der Waals surface area contributed by atoms with Crippen molar-refractivity contribution in [1.29, 1.82) is 10.5 Å². The molecule has 3 aromatic rings. The van der Waals surface area contributed by atoms with Crippen LogP contribution in [0.3, 0.4) is 0 Å². The topological polar surface area (TPSA) is 47.6 Å². The fraction of sp³-hybridized carbons (Fsp3) is 0.0909. The minimum Gasteiger partial charge on any atom is -0.192 e. The van der Waals surface area contributed by atoms with Crippen LogP contribution in [0.5, 0.6) is 0 Å². The molecular formula is C22H16N2. The van der Waals surface area contributed by atoms with Crippen LogP contribution >= 0.6 is 0 Å².